The van der Waals surface area contributed by atoms with Crippen molar-refractivity contribution in [3.63, 3.8) is 0 Å². The van der Waals surface area contributed by atoms with Gasteiger partial charge in [-0.15, -0.1) is 0 Å². The predicted molar refractivity (Wildman–Crippen MR) is 105 cm³/mol. The van der Waals surface area contributed by atoms with E-state index in [1.165, 1.54) is 0 Å². The number of amides is 1. The summed E-state index contributed by atoms with van der Waals surface area (Å²) >= 11 is 0. The second-order valence-electron chi connectivity index (χ2n) is 6.73. The molecular weight excluding hydrogens is 326 g/mol. The zero-order chi connectivity index (χ0) is 19.3. The Kier molecular flexibility index (Phi) is 6.56. The molecule has 0 aliphatic heterocycles. The molecule has 0 aliphatic rings. The van der Waals surface area contributed by atoms with Gasteiger partial charge in [-0.3, -0.25) is 4.79 Å². The molecule has 4 nitrogen and oxygen atoms in total. The lowest BCUT2D eigenvalue weighted by Crippen LogP contribution is -2.30. The molecule has 0 radical (unpaired) electrons. The number of hydrogen-bond acceptors (Lipinski definition) is 3. The topological polar surface area (TPSA) is 55.4 Å². The summed E-state index contributed by atoms with van der Waals surface area (Å²) < 4.78 is 5.34. The van der Waals surface area contributed by atoms with Gasteiger partial charge in [-0.1, -0.05) is 38.1 Å². The van der Waals surface area contributed by atoms with Crippen LogP contribution in [0.4, 0.5) is 5.69 Å². The van der Waals surface area contributed by atoms with E-state index in [4.69, 9.17) is 4.74 Å². The summed E-state index contributed by atoms with van der Waals surface area (Å²) in [4.78, 5) is 24.8. The standard InChI is InChI=1S/C22H27NO3/c1-6-14(2)19-9-7-8-10-20(19)23-21(24)17(5)26-22(25)18-12-11-15(3)16(4)13-18/h7-14,17H,6H2,1-5H3,(H,23,24)/t14-,17-/m1/s1. The number of anilines is 1. The highest BCUT2D eigenvalue weighted by Crippen LogP contribution is 2.26. The highest BCUT2D eigenvalue weighted by molar-refractivity contribution is 5.97. The Hall–Kier alpha value is -2.62. The van der Waals surface area contributed by atoms with E-state index in [2.05, 4.69) is 19.2 Å². The average Bonchev–Trinajstić information content (AvgIpc) is 2.63. The van der Waals surface area contributed by atoms with Crippen LogP contribution in [0.5, 0.6) is 0 Å². The van der Waals surface area contributed by atoms with Crippen molar-refractivity contribution in [3.8, 4) is 0 Å². The number of rotatable bonds is 6. The Morgan fingerprint density at radius 2 is 1.73 bits per heavy atom. The summed E-state index contributed by atoms with van der Waals surface area (Å²) in [5.41, 5.74) is 4.41. The van der Waals surface area contributed by atoms with Gasteiger partial charge < -0.3 is 10.1 Å². The number of ether oxygens (including phenoxy) is 1. The highest BCUT2D eigenvalue weighted by Gasteiger charge is 2.20. The van der Waals surface area contributed by atoms with Crippen LogP contribution in [0.25, 0.3) is 0 Å². The van der Waals surface area contributed by atoms with Crippen molar-refractivity contribution in [1.29, 1.82) is 0 Å². The number of carbonyl (C=O) groups excluding carboxylic acids is 2. The average molecular weight is 353 g/mol. The van der Waals surface area contributed by atoms with E-state index in [1.54, 1.807) is 19.1 Å². The number of nitrogens with one attached hydrogen (secondary N) is 1. The Morgan fingerprint density at radius 3 is 2.38 bits per heavy atom. The van der Waals surface area contributed by atoms with Gasteiger partial charge in [-0.2, -0.15) is 0 Å². The zero-order valence-corrected chi connectivity index (χ0v) is 16.1. The number of para-hydroxylation sites is 1. The van der Waals surface area contributed by atoms with Gasteiger partial charge in [0.1, 0.15) is 0 Å². The first-order valence-corrected chi connectivity index (χ1v) is 9.01. The van der Waals surface area contributed by atoms with E-state index >= 15 is 0 Å². The molecule has 0 saturated heterocycles. The molecule has 1 amide bonds. The molecule has 0 unspecified atom stereocenters. The van der Waals surface area contributed by atoms with Crippen LogP contribution in [0, 0.1) is 13.8 Å². The van der Waals surface area contributed by atoms with E-state index in [9.17, 15) is 9.59 Å². The molecule has 0 aliphatic carbocycles. The van der Waals surface area contributed by atoms with Crippen molar-refractivity contribution in [3.05, 3.63) is 64.7 Å². The summed E-state index contributed by atoms with van der Waals surface area (Å²) in [7, 11) is 0. The van der Waals surface area contributed by atoms with Crippen molar-refractivity contribution in [1.82, 2.24) is 0 Å². The third-order valence-corrected chi connectivity index (χ3v) is 4.76. The lowest BCUT2D eigenvalue weighted by Gasteiger charge is -2.18. The van der Waals surface area contributed by atoms with Crippen molar-refractivity contribution in [2.75, 3.05) is 5.32 Å². The van der Waals surface area contributed by atoms with Crippen LogP contribution < -0.4 is 5.32 Å². The second-order valence-corrected chi connectivity index (χ2v) is 6.73. The predicted octanol–water partition coefficient (Wildman–Crippen LogP) is 5.00. The van der Waals surface area contributed by atoms with Crippen LogP contribution in [0.3, 0.4) is 0 Å². The first-order valence-electron chi connectivity index (χ1n) is 9.01. The van der Waals surface area contributed by atoms with Crippen molar-refractivity contribution >= 4 is 17.6 Å². The van der Waals surface area contributed by atoms with Crippen LogP contribution >= 0.6 is 0 Å². The Labute approximate surface area is 155 Å². The minimum atomic E-state index is -0.880. The van der Waals surface area contributed by atoms with Gasteiger partial charge >= 0.3 is 5.97 Å². The van der Waals surface area contributed by atoms with Gasteiger partial charge in [0.15, 0.2) is 6.10 Å². The molecule has 2 atom stereocenters. The quantitative estimate of drug-likeness (QED) is 0.744. The fourth-order valence-corrected chi connectivity index (χ4v) is 2.65. The van der Waals surface area contributed by atoms with Crippen LogP contribution in [-0.4, -0.2) is 18.0 Å². The summed E-state index contributed by atoms with van der Waals surface area (Å²) in [6.07, 6.45) is 0.0959. The lowest BCUT2D eigenvalue weighted by molar-refractivity contribution is -0.123. The molecule has 4 heteroatoms. The maximum atomic E-state index is 12.5. The number of carbonyl (C=O) groups is 2. The van der Waals surface area contributed by atoms with Crippen LogP contribution in [-0.2, 0) is 9.53 Å². The first-order chi connectivity index (χ1) is 12.3. The third-order valence-electron chi connectivity index (χ3n) is 4.76. The molecule has 2 rings (SSSR count). The van der Waals surface area contributed by atoms with Crippen LogP contribution in [0.1, 0.15) is 60.2 Å². The van der Waals surface area contributed by atoms with Crippen LogP contribution in [0.15, 0.2) is 42.5 Å². The van der Waals surface area contributed by atoms with Gasteiger partial charge in [0, 0.05) is 5.69 Å². The Balaban J connectivity index is 2.06. The largest absolute Gasteiger partial charge is 0.449 e. The number of esters is 1. The molecule has 0 saturated carbocycles. The molecular formula is C22H27NO3. The minimum Gasteiger partial charge on any atom is -0.449 e. The van der Waals surface area contributed by atoms with Gasteiger partial charge in [0.25, 0.3) is 5.91 Å². The molecule has 0 spiro atoms. The van der Waals surface area contributed by atoms with E-state index < -0.39 is 12.1 Å². The normalized spacial score (nSPS) is 13.0. The molecule has 1 N–H and O–H groups in total. The van der Waals surface area contributed by atoms with Crippen molar-refractivity contribution in [2.45, 2.75) is 53.1 Å². The molecule has 0 heterocycles. The summed E-state index contributed by atoms with van der Waals surface area (Å²) in [6.45, 7) is 9.73. The lowest BCUT2D eigenvalue weighted by atomic mass is 9.97. The summed E-state index contributed by atoms with van der Waals surface area (Å²) in [5, 5.41) is 2.89. The first kappa shape index (κ1) is 19.7. The Morgan fingerprint density at radius 1 is 1.04 bits per heavy atom. The molecule has 0 bridgehead atoms. The molecule has 26 heavy (non-hydrogen) atoms. The maximum absolute atomic E-state index is 12.5. The highest BCUT2D eigenvalue weighted by atomic mass is 16.5. The van der Waals surface area contributed by atoms with E-state index in [-0.39, 0.29) is 5.91 Å². The molecule has 0 fully saturated rings. The van der Waals surface area contributed by atoms with E-state index in [1.807, 2.05) is 44.2 Å². The number of hydrogen-bond donors (Lipinski definition) is 1. The fourth-order valence-electron chi connectivity index (χ4n) is 2.65. The van der Waals surface area contributed by atoms with Gasteiger partial charge in [-0.05, 0) is 68.0 Å². The van der Waals surface area contributed by atoms with E-state index in [0.29, 0.717) is 11.5 Å². The zero-order valence-electron chi connectivity index (χ0n) is 16.1. The van der Waals surface area contributed by atoms with Gasteiger partial charge in [-0.25, -0.2) is 4.79 Å². The SMILES string of the molecule is CC[C@@H](C)c1ccccc1NC(=O)[C@@H](C)OC(=O)c1ccc(C)c(C)c1. The monoisotopic (exact) mass is 353 g/mol. The van der Waals surface area contributed by atoms with Gasteiger partial charge in [0.2, 0.25) is 0 Å². The third kappa shape index (κ3) is 4.72. The Bertz CT molecular complexity index is 798. The van der Waals surface area contributed by atoms with E-state index in [0.717, 1.165) is 28.8 Å². The number of benzene rings is 2. The van der Waals surface area contributed by atoms with Crippen molar-refractivity contribution < 1.29 is 14.3 Å². The summed E-state index contributed by atoms with van der Waals surface area (Å²) in [6, 6.07) is 13.1. The van der Waals surface area contributed by atoms with Gasteiger partial charge in [0.05, 0.1) is 5.56 Å². The van der Waals surface area contributed by atoms with Crippen molar-refractivity contribution in [2.24, 2.45) is 0 Å². The molecule has 2 aromatic rings. The molecule has 2 aromatic carbocycles. The molecule has 138 valence electrons. The summed E-state index contributed by atoms with van der Waals surface area (Å²) in [5.74, 6) is -0.496. The minimum absolute atomic E-state index is 0.333. The second kappa shape index (κ2) is 8.65. The van der Waals surface area contributed by atoms with Crippen LogP contribution in [0.2, 0.25) is 0 Å². The maximum Gasteiger partial charge on any atom is 0.338 e. The fraction of sp³-hybridized carbons (Fsp3) is 0.364. The number of aryl methyl sites for hydroxylation is 2. The smallest absolute Gasteiger partial charge is 0.338 e. The molecule has 0 aromatic heterocycles.